The lowest BCUT2D eigenvalue weighted by molar-refractivity contribution is 0.0579. The Labute approximate surface area is 217 Å². The Bertz CT molecular complexity index is 1240. The average Bonchev–Trinajstić information content (AvgIpc) is 3.41. The Morgan fingerprint density at radius 3 is 2.39 bits per heavy atom. The normalized spacial score (nSPS) is 15.5. The molecule has 1 aliphatic rings. The number of nitrogens with zero attached hydrogens (tertiary/aromatic N) is 4. The first-order chi connectivity index (χ1) is 17.7. The van der Waals surface area contributed by atoms with Gasteiger partial charge in [0.1, 0.15) is 10.7 Å². The van der Waals surface area contributed by atoms with Crippen molar-refractivity contribution >= 4 is 17.2 Å². The van der Waals surface area contributed by atoms with E-state index in [1.165, 1.54) is 11.1 Å². The molecule has 0 saturated carbocycles. The lowest BCUT2D eigenvalue weighted by Crippen LogP contribution is -2.47. The number of pyridine rings is 1. The van der Waals surface area contributed by atoms with Crippen LogP contribution in [0.4, 0.5) is 0 Å². The fraction of sp³-hybridized carbons (Fsp3) is 0.300. The van der Waals surface area contributed by atoms with Gasteiger partial charge in [-0.1, -0.05) is 66.7 Å². The van der Waals surface area contributed by atoms with Crippen LogP contribution in [0, 0.1) is 5.92 Å². The number of amides is 1. The summed E-state index contributed by atoms with van der Waals surface area (Å²) in [6.07, 6.45) is 4.67. The van der Waals surface area contributed by atoms with E-state index < -0.39 is 0 Å². The quantitative estimate of drug-likeness (QED) is 0.309. The Morgan fingerprint density at radius 2 is 1.69 bits per heavy atom. The molecule has 2 aromatic carbocycles. The minimum atomic E-state index is -0.00446. The molecule has 0 radical (unpaired) electrons. The summed E-state index contributed by atoms with van der Waals surface area (Å²) in [5.41, 5.74) is 4.00. The van der Waals surface area contributed by atoms with Crippen molar-refractivity contribution < 1.29 is 4.79 Å². The van der Waals surface area contributed by atoms with Gasteiger partial charge < -0.3 is 4.90 Å². The van der Waals surface area contributed by atoms with E-state index in [0.29, 0.717) is 11.6 Å². The van der Waals surface area contributed by atoms with E-state index in [2.05, 4.69) is 63.8 Å². The van der Waals surface area contributed by atoms with Gasteiger partial charge in [-0.3, -0.25) is 14.7 Å². The summed E-state index contributed by atoms with van der Waals surface area (Å²) in [6.45, 7) is 2.92. The van der Waals surface area contributed by atoms with Gasteiger partial charge in [-0.2, -0.15) is 0 Å². The molecule has 5 nitrogen and oxygen atoms in total. The van der Waals surface area contributed by atoms with Gasteiger partial charge in [-0.15, -0.1) is 11.3 Å². The number of piperidine rings is 1. The molecule has 3 heterocycles. The molecule has 2 aromatic heterocycles. The lowest BCUT2D eigenvalue weighted by Gasteiger charge is -2.40. The molecule has 1 aliphatic heterocycles. The van der Waals surface area contributed by atoms with Crippen LogP contribution in [-0.2, 0) is 13.0 Å². The molecule has 4 aromatic rings. The summed E-state index contributed by atoms with van der Waals surface area (Å²) in [5.74, 6) is 0.436. The predicted molar refractivity (Wildman–Crippen MR) is 146 cm³/mol. The third-order valence-electron chi connectivity index (χ3n) is 7.15. The fourth-order valence-corrected chi connectivity index (χ4v) is 5.95. The summed E-state index contributed by atoms with van der Waals surface area (Å²) < 4.78 is 0. The van der Waals surface area contributed by atoms with Gasteiger partial charge in [-0.25, -0.2) is 4.98 Å². The van der Waals surface area contributed by atoms with E-state index in [1.807, 2.05) is 36.2 Å². The largest absolute Gasteiger partial charge is 0.337 e. The number of hydrogen-bond acceptors (Lipinski definition) is 5. The molecule has 1 saturated heterocycles. The molecule has 1 fully saturated rings. The molecule has 5 rings (SSSR count). The smallest absolute Gasteiger partial charge is 0.272 e. The summed E-state index contributed by atoms with van der Waals surface area (Å²) in [5, 5.41) is 3.32. The number of benzene rings is 2. The highest BCUT2D eigenvalue weighted by Gasteiger charge is 2.32. The van der Waals surface area contributed by atoms with Crippen molar-refractivity contribution in [2.45, 2.75) is 31.8 Å². The van der Waals surface area contributed by atoms with Gasteiger partial charge in [0.2, 0.25) is 0 Å². The lowest BCUT2D eigenvalue weighted by atomic mass is 9.85. The first-order valence-electron chi connectivity index (χ1n) is 12.6. The van der Waals surface area contributed by atoms with Crippen LogP contribution in [0.25, 0.3) is 11.3 Å². The summed E-state index contributed by atoms with van der Waals surface area (Å²) >= 11 is 1.74. The molecule has 36 heavy (non-hydrogen) atoms. The monoisotopic (exact) mass is 496 g/mol. The zero-order valence-corrected chi connectivity index (χ0v) is 21.5. The van der Waals surface area contributed by atoms with E-state index in [1.54, 1.807) is 23.6 Å². The van der Waals surface area contributed by atoms with Crippen molar-refractivity contribution in [1.29, 1.82) is 0 Å². The molecule has 0 spiro atoms. The topological polar surface area (TPSA) is 49.3 Å². The van der Waals surface area contributed by atoms with E-state index in [0.717, 1.165) is 49.6 Å². The SMILES string of the molecule is CN(C(=O)c1ccccn1)[C@@H](Cc1ccccc1)C1CCN(Cc2nc(-c3ccccc3)cs2)CC1. The van der Waals surface area contributed by atoms with Crippen molar-refractivity contribution in [3.8, 4) is 11.3 Å². The molecule has 0 bridgehead atoms. The van der Waals surface area contributed by atoms with Crippen LogP contribution in [0.2, 0.25) is 0 Å². The van der Waals surface area contributed by atoms with Gasteiger partial charge in [0.25, 0.3) is 5.91 Å². The first kappa shape index (κ1) is 24.3. The molecule has 0 N–H and O–H groups in total. The van der Waals surface area contributed by atoms with Gasteiger partial charge >= 0.3 is 0 Å². The minimum Gasteiger partial charge on any atom is -0.337 e. The van der Waals surface area contributed by atoms with Crippen LogP contribution in [0.3, 0.4) is 0 Å². The van der Waals surface area contributed by atoms with Gasteiger partial charge in [0.15, 0.2) is 0 Å². The molecular weight excluding hydrogens is 464 g/mol. The van der Waals surface area contributed by atoms with Crippen molar-refractivity contribution in [3.05, 3.63) is 107 Å². The highest BCUT2D eigenvalue weighted by molar-refractivity contribution is 7.09. The highest BCUT2D eigenvalue weighted by atomic mass is 32.1. The maximum Gasteiger partial charge on any atom is 0.272 e. The second-order valence-corrected chi connectivity index (χ2v) is 10.4. The molecule has 0 aliphatic carbocycles. The zero-order valence-electron chi connectivity index (χ0n) is 20.7. The zero-order chi connectivity index (χ0) is 24.7. The number of likely N-dealkylation sites (tertiary alicyclic amines) is 1. The number of carbonyl (C=O) groups is 1. The van der Waals surface area contributed by atoms with Crippen molar-refractivity contribution in [2.75, 3.05) is 20.1 Å². The molecule has 184 valence electrons. The van der Waals surface area contributed by atoms with Crippen LogP contribution < -0.4 is 0 Å². The number of likely N-dealkylation sites (N-methyl/N-ethyl adjacent to an activating group) is 1. The highest BCUT2D eigenvalue weighted by Crippen LogP contribution is 2.29. The van der Waals surface area contributed by atoms with E-state index in [4.69, 9.17) is 4.98 Å². The molecular formula is C30H32N4OS. The predicted octanol–water partition coefficient (Wildman–Crippen LogP) is 5.80. The Kier molecular flexibility index (Phi) is 7.84. The maximum atomic E-state index is 13.3. The molecule has 6 heteroatoms. The standard InChI is InChI=1S/C30H32N4OS/c1-33(30(35)26-14-8-9-17-31-26)28(20-23-10-4-2-5-11-23)25-15-18-34(19-16-25)21-29-32-27(22-36-29)24-12-6-3-7-13-24/h2-14,17,22,25,28H,15-16,18-21H2,1H3/t28-/m0/s1. The second-order valence-electron chi connectivity index (χ2n) is 9.49. The average molecular weight is 497 g/mol. The van der Waals surface area contributed by atoms with Crippen molar-refractivity contribution in [1.82, 2.24) is 19.8 Å². The number of aromatic nitrogens is 2. The molecule has 1 amide bonds. The van der Waals surface area contributed by atoms with E-state index >= 15 is 0 Å². The third kappa shape index (κ3) is 5.89. The van der Waals surface area contributed by atoms with Gasteiger partial charge in [0.05, 0.1) is 12.2 Å². The van der Waals surface area contributed by atoms with E-state index in [9.17, 15) is 4.79 Å². The van der Waals surface area contributed by atoms with Crippen LogP contribution in [-0.4, -0.2) is 51.9 Å². The Morgan fingerprint density at radius 1 is 1.00 bits per heavy atom. The molecule has 1 atom stereocenters. The summed E-state index contributed by atoms with van der Waals surface area (Å²) in [7, 11) is 1.94. The second kappa shape index (κ2) is 11.6. The van der Waals surface area contributed by atoms with Gasteiger partial charge in [0, 0.05) is 30.2 Å². The number of rotatable bonds is 8. The van der Waals surface area contributed by atoms with Crippen molar-refractivity contribution in [2.24, 2.45) is 5.92 Å². The fourth-order valence-electron chi connectivity index (χ4n) is 5.11. The number of carbonyl (C=O) groups excluding carboxylic acids is 1. The Hall–Kier alpha value is -3.35. The first-order valence-corrected chi connectivity index (χ1v) is 13.5. The minimum absolute atomic E-state index is 0.00446. The van der Waals surface area contributed by atoms with E-state index in [-0.39, 0.29) is 11.9 Å². The van der Waals surface area contributed by atoms with Crippen molar-refractivity contribution in [3.63, 3.8) is 0 Å². The third-order valence-corrected chi connectivity index (χ3v) is 7.98. The van der Waals surface area contributed by atoms with Crippen LogP contribution >= 0.6 is 11.3 Å². The summed E-state index contributed by atoms with van der Waals surface area (Å²) in [6, 6.07) is 26.5. The van der Waals surface area contributed by atoms with Crippen LogP contribution in [0.15, 0.2) is 90.4 Å². The maximum absolute atomic E-state index is 13.3. The van der Waals surface area contributed by atoms with Crippen LogP contribution in [0.5, 0.6) is 0 Å². The van der Waals surface area contributed by atoms with Gasteiger partial charge in [-0.05, 0) is 56.0 Å². The van der Waals surface area contributed by atoms with Crippen LogP contribution in [0.1, 0.15) is 33.9 Å². The number of hydrogen-bond donors (Lipinski definition) is 0. The number of thiazole rings is 1. The Balaban J connectivity index is 1.25. The molecule has 0 unspecified atom stereocenters. The summed E-state index contributed by atoms with van der Waals surface area (Å²) in [4.78, 5) is 26.9.